The second kappa shape index (κ2) is 5.91. The number of benzene rings is 1. The fourth-order valence-electron chi connectivity index (χ4n) is 1.33. The molecule has 20 heavy (non-hydrogen) atoms. The van der Waals surface area contributed by atoms with Crippen molar-refractivity contribution < 1.29 is 23.2 Å². The smallest absolute Gasteiger partial charge is 0.308 e. The third-order valence-corrected chi connectivity index (χ3v) is 2.69. The van der Waals surface area contributed by atoms with Crippen molar-refractivity contribution in [2.45, 2.75) is 19.4 Å². The molecule has 0 saturated carbocycles. The number of carbonyl (C=O) groups is 1. The fraction of sp³-hybridized carbons (Fsp3) is 0.417. The Labute approximate surface area is 113 Å². The Morgan fingerprint density at radius 1 is 1.45 bits per heavy atom. The first kappa shape index (κ1) is 16.0. The number of ether oxygens (including phenoxy) is 1. The van der Waals surface area contributed by atoms with Gasteiger partial charge in [0.2, 0.25) is 5.82 Å². The highest BCUT2D eigenvalue weighted by atomic mass is 19.1. The van der Waals surface area contributed by atoms with Crippen molar-refractivity contribution in [3.63, 3.8) is 0 Å². The van der Waals surface area contributed by atoms with E-state index in [-0.39, 0.29) is 6.54 Å². The molecule has 0 heterocycles. The highest BCUT2D eigenvalue weighted by Gasteiger charge is 2.25. The van der Waals surface area contributed by atoms with Crippen LogP contribution in [0, 0.1) is 21.7 Å². The Morgan fingerprint density at radius 2 is 2.05 bits per heavy atom. The molecule has 1 amide bonds. The largest absolute Gasteiger partial charge is 0.377 e. The molecule has 0 spiro atoms. The van der Waals surface area contributed by atoms with E-state index in [1.54, 1.807) is 13.8 Å². The standard InChI is InChI=1S/C12H14F2N2O4/c1-12(2,20-3)6-15-11(17)8-4-7(13)5-9(10(8)14)16(18)19/h4-5H,6H2,1-3H3,(H,15,17). The Bertz CT molecular complexity index is 547. The van der Waals surface area contributed by atoms with Crippen LogP contribution in [-0.2, 0) is 4.74 Å². The molecule has 6 nitrogen and oxygen atoms in total. The van der Waals surface area contributed by atoms with Gasteiger partial charge >= 0.3 is 5.69 Å². The lowest BCUT2D eigenvalue weighted by atomic mass is 10.1. The normalized spacial score (nSPS) is 11.2. The lowest BCUT2D eigenvalue weighted by molar-refractivity contribution is -0.387. The lowest BCUT2D eigenvalue weighted by Crippen LogP contribution is -2.40. The summed E-state index contributed by atoms with van der Waals surface area (Å²) in [5, 5.41) is 12.9. The summed E-state index contributed by atoms with van der Waals surface area (Å²) in [4.78, 5) is 21.2. The fourth-order valence-corrected chi connectivity index (χ4v) is 1.33. The Morgan fingerprint density at radius 3 is 2.55 bits per heavy atom. The first-order valence-corrected chi connectivity index (χ1v) is 5.65. The molecular weight excluding hydrogens is 274 g/mol. The van der Waals surface area contributed by atoms with Gasteiger partial charge in [-0.1, -0.05) is 0 Å². The topological polar surface area (TPSA) is 81.5 Å². The van der Waals surface area contributed by atoms with Crippen molar-refractivity contribution >= 4 is 11.6 Å². The summed E-state index contributed by atoms with van der Waals surface area (Å²) in [6.45, 7) is 3.39. The highest BCUT2D eigenvalue weighted by Crippen LogP contribution is 2.22. The van der Waals surface area contributed by atoms with E-state index in [1.807, 2.05) is 0 Å². The number of methoxy groups -OCH3 is 1. The quantitative estimate of drug-likeness (QED) is 0.664. The number of amides is 1. The maximum Gasteiger partial charge on any atom is 0.308 e. The van der Waals surface area contributed by atoms with Crippen LogP contribution in [-0.4, -0.2) is 30.1 Å². The number of hydrogen-bond donors (Lipinski definition) is 1. The minimum absolute atomic E-state index is 0.0338. The molecule has 110 valence electrons. The van der Waals surface area contributed by atoms with Gasteiger partial charge in [0.15, 0.2) is 0 Å². The minimum atomic E-state index is -1.37. The first-order chi connectivity index (χ1) is 9.18. The minimum Gasteiger partial charge on any atom is -0.377 e. The van der Waals surface area contributed by atoms with Crippen LogP contribution in [0.2, 0.25) is 0 Å². The van der Waals surface area contributed by atoms with Gasteiger partial charge in [0.05, 0.1) is 22.2 Å². The first-order valence-electron chi connectivity index (χ1n) is 5.65. The Kier molecular flexibility index (Phi) is 4.72. The number of hydrogen-bond acceptors (Lipinski definition) is 4. The van der Waals surface area contributed by atoms with Crippen LogP contribution in [0.25, 0.3) is 0 Å². The van der Waals surface area contributed by atoms with E-state index in [1.165, 1.54) is 7.11 Å². The number of halogens is 2. The SMILES string of the molecule is COC(C)(C)CNC(=O)c1cc(F)cc([N+](=O)[O-])c1F. The van der Waals surface area contributed by atoms with Crippen molar-refractivity contribution in [3.05, 3.63) is 39.4 Å². The average Bonchev–Trinajstić information content (AvgIpc) is 2.38. The van der Waals surface area contributed by atoms with Crippen LogP contribution >= 0.6 is 0 Å². The average molecular weight is 288 g/mol. The zero-order chi connectivity index (χ0) is 15.5. The maximum absolute atomic E-state index is 13.8. The molecule has 0 aliphatic carbocycles. The summed E-state index contributed by atoms with van der Waals surface area (Å²) in [7, 11) is 1.43. The molecule has 0 saturated heterocycles. The van der Waals surface area contributed by atoms with E-state index in [2.05, 4.69) is 5.32 Å². The zero-order valence-electron chi connectivity index (χ0n) is 11.2. The summed E-state index contributed by atoms with van der Waals surface area (Å²) in [6.07, 6.45) is 0. The number of carbonyl (C=O) groups excluding carboxylic acids is 1. The van der Waals surface area contributed by atoms with Gasteiger partial charge in [0, 0.05) is 13.7 Å². The number of nitrogens with zero attached hydrogens (tertiary/aromatic N) is 1. The van der Waals surface area contributed by atoms with Gasteiger partial charge in [-0.25, -0.2) is 4.39 Å². The van der Waals surface area contributed by atoms with E-state index in [9.17, 15) is 23.7 Å². The Hall–Kier alpha value is -2.09. The summed E-state index contributed by atoms with van der Waals surface area (Å²) in [5.41, 5.74) is -2.50. The molecule has 1 aromatic carbocycles. The third-order valence-electron chi connectivity index (χ3n) is 2.69. The number of nitro groups is 1. The van der Waals surface area contributed by atoms with E-state index in [4.69, 9.17) is 4.74 Å². The molecule has 1 rings (SSSR count). The number of nitrogens with one attached hydrogen (secondary N) is 1. The van der Waals surface area contributed by atoms with Crippen molar-refractivity contribution in [1.29, 1.82) is 0 Å². The van der Waals surface area contributed by atoms with E-state index >= 15 is 0 Å². The molecule has 1 N–H and O–H groups in total. The van der Waals surface area contributed by atoms with E-state index in [0.29, 0.717) is 12.1 Å². The zero-order valence-corrected chi connectivity index (χ0v) is 11.2. The number of nitro benzene ring substituents is 1. The van der Waals surface area contributed by atoms with Gasteiger partial charge in [0.1, 0.15) is 5.82 Å². The van der Waals surface area contributed by atoms with Crippen LogP contribution < -0.4 is 5.32 Å². The van der Waals surface area contributed by atoms with Crippen LogP contribution in [0.15, 0.2) is 12.1 Å². The van der Waals surface area contributed by atoms with Crippen LogP contribution in [0.1, 0.15) is 24.2 Å². The molecule has 0 bridgehead atoms. The van der Waals surface area contributed by atoms with Crippen molar-refractivity contribution in [1.82, 2.24) is 5.32 Å². The summed E-state index contributed by atoms with van der Waals surface area (Å²) >= 11 is 0. The van der Waals surface area contributed by atoms with Crippen molar-refractivity contribution in [2.75, 3.05) is 13.7 Å². The maximum atomic E-state index is 13.8. The van der Waals surface area contributed by atoms with Gasteiger partial charge in [-0.05, 0) is 19.9 Å². The van der Waals surface area contributed by atoms with Crippen molar-refractivity contribution in [2.24, 2.45) is 0 Å². The van der Waals surface area contributed by atoms with Gasteiger partial charge in [-0.3, -0.25) is 14.9 Å². The summed E-state index contributed by atoms with van der Waals surface area (Å²) < 4.78 is 32.0. The molecule has 8 heteroatoms. The van der Waals surface area contributed by atoms with Crippen LogP contribution in [0.3, 0.4) is 0 Å². The molecule has 0 fully saturated rings. The number of rotatable bonds is 5. The molecular formula is C12H14F2N2O4. The molecule has 1 aromatic rings. The second-order valence-corrected chi connectivity index (χ2v) is 4.69. The van der Waals surface area contributed by atoms with Gasteiger partial charge < -0.3 is 10.1 Å². The summed E-state index contributed by atoms with van der Waals surface area (Å²) in [6, 6.07) is 1.03. The van der Waals surface area contributed by atoms with E-state index in [0.717, 1.165) is 0 Å². The van der Waals surface area contributed by atoms with Crippen LogP contribution in [0.5, 0.6) is 0 Å². The predicted molar refractivity (Wildman–Crippen MR) is 66.4 cm³/mol. The molecule has 0 aliphatic heterocycles. The molecule has 0 atom stereocenters. The second-order valence-electron chi connectivity index (χ2n) is 4.69. The van der Waals surface area contributed by atoms with Crippen molar-refractivity contribution in [3.8, 4) is 0 Å². The van der Waals surface area contributed by atoms with Gasteiger partial charge in [-0.2, -0.15) is 4.39 Å². The summed E-state index contributed by atoms with van der Waals surface area (Å²) in [5.74, 6) is -3.38. The molecule has 0 aliphatic rings. The molecule has 0 unspecified atom stereocenters. The van der Waals surface area contributed by atoms with E-state index < -0.39 is 39.3 Å². The van der Waals surface area contributed by atoms with Crippen LogP contribution in [0.4, 0.5) is 14.5 Å². The molecule has 0 aromatic heterocycles. The van der Waals surface area contributed by atoms with Gasteiger partial charge in [-0.15, -0.1) is 0 Å². The third kappa shape index (κ3) is 3.70. The highest BCUT2D eigenvalue weighted by molar-refractivity contribution is 5.95. The Balaban J connectivity index is 3.02. The van der Waals surface area contributed by atoms with Gasteiger partial charge in [0.25, 0.3) is 5.91 Å². The predicted octanol–water partition coefficient (Wildman–Crippen LogP) is 2.03. The lowest BCUT2D eigenvalue weighted by Gasteiger charge is -2.23. The monoisotopic (exact) mass is 288 g/mol. The molecule has 0 radical (unpaired) electrons.